The highest BCUT2D eigenvalue weighted by molar-refractivity contribution is 5.76. The van der Waals surface area contributed by atoms with E-state index in [9.17, 15) is 9.18 Å². The van der Waals surface area contributed by atoms with Crippen molar-refractivity contribution in [2.45, 2.75) is 6.54 Å². The van der Waals surface area contributed by atoms with Crippen molar-refractivity contribution in [2.24, 2.45) is 0 Å². The number of hydrogen-bond donors (Lipinski definition) is 1. The molecule has 0 fully saturated rings. The molecule has 3 rings (SSSR count). The van der Waals surface area contributed by atoms with Crippen LogP contribution in [0.5, 0.6) is 0 Å². The van der Waals surface area contributed by atoms with Gasteiger partial charge in [0.1, 0.15) is 11.3 Å². The fraction of sp³-hybridized carbons (Fsp3) is 0.133. The molecule has 0 amide bonds. The molecular formula is C15H13FN4O. The minimum absolute atomic E-state index is 0.179. The van der Waals surface area contributed by atoms with Crippen molar-refractivity contribution in [3.05, 3.63) is 64.7 Å². The zero-order valence-electron chi connectivity index (χ0n) is 11.2. The van der Waals surface area contributed by atoms with Gasteiger partial charge in [-0.05, 0) is 30.3 Å². The molecule has 0 saturated carbocycles. The highest BCUT2D eigenvalue weighted by Gasteiger charge is 2.04. The molecule has 1 N–H and O–H groups in total. The van der Waals surface area contributed by atoms with Crippen molar-refractivity contribution >= 4 is 16.6 Å². The molecule has 0 unspecified atom stereocenters. The van der Waals surface area contributed by atoms with Crippen LogP contribution in [-0.4, -0.2) is 21.5 Å². The van der Waals surface area contributed by atoms with Crippen molar-refractivity contribution in [3.63, 3.8) is 0 Å². The van der Waals surface area contributed by atoms with Crippen LogP contribution in [0.1, 0.15) is 0 Å². The standard InChI is InChI=1S/C15H13FN4O/c16-11-4-3-5-12(10-11)17-8-9-20-15(21)13-6-1-2-7-14(13)18-19-20/h1-7,10,17H,8-9H2. The lowest BCUT2D eigenvalue weighted by molar-refractivity contribution is 0.566. The molecule has 0 bridgehead atoms. The van der Waals surface area contributed by atoms with Gasteiger partial charge < -0.3 is 5.32 Å². The van der Waals surface area contributed by atoms with Crippen molar-refractivity contribution < 1.29 is 4.39 Å². The van der Waals surface area contributed by atoms with Crippen LogP contribution in [0.15, 0.2) is 53.3 Å². The molecule has 0 aliphatic heterocycles. The molecule has 1 aromatic heterocycles. The first-order chi connectivity index (χ1) is 10.2. The van der Waals surface area contributed by atoms with Crippen molar-refractivity contribution in [1.29, 1.82) is 0 Å². The maximum Gasteiger partial charge on any atom is 0.277 e. The summed E-state index contributed by atoms with van der Waals surface area (Å²) in [5.41, 5.74) is 1.07. The van der Waals surface area contributed by atoms with E-state index in [0.29, 0.717) is 29.7 Å². The molecule has 21 heavy (non-hydrogen) atoms. The first kappa shape index (κ1) is 13.2. The van der Waals surface area contributed by atoms with E-state index in [1.165, 1.54) is 16.8 Å². The van der Waals surface area contributed by atoms with Crippen LogP contribution in [0, 0.1) is 5.82 Å². The highest BCUT2D eigenvalue weighted by atomic mass is 19.1. The molecule has 0 atom stereocenters. The van der Waals surface area contributed by atoms with Gasteiger partial charge in [-0.3, -0.25) is 4.79 Å². The Morgan fingerprint density at radius 2 is 2.00 bits per heavy atom. The number of nitrogens with one attached hydrogen (secondary N) is 1. The van der Waals surface area contributed by atoms with Gasteiger partial charge in [0.2, 0.25) is 0 Å². The molecule has 5 nitrogen and oxygen atoms in total. The van der Waals surface area contributed by atoms with E-state index in [4.69, 9.17) is 0 Å². The number of halogens is 1. The number of benzene rings is 2. The SMILES string of the molecule is O=c1c2ccccc2nnn1CCNc1cccc(F)c1. The maximum atomic E-state index is 13.0. The molecule has 3 aromatic rings. The summed E-state index contributed by atoms with van der Waals surface area (Å²) >= 11 is 0. The minimum atomic E-state index is -0.303. The van der Waals surface area contributed by atoms with Crippen LogP contribution in [0.25, 0.3) is 10.9 Å². The average molecular weight is 284 g/mol. The number of anilines is 1. The fourth-order valence-corrected chi connectivity index (χ4v) is 2.07. The molecule has 2 aromatic carbocycles. The Kier molecular flexibility index (Phi) is 3.59. The summed E-state index contributed by atoms with van der Waals surface area (Å²) in [6, 6.07) is 13.2. The zero-order chi connectivity index (χ0) is 14.7. The third kappa shape index (κ3) is 2.89. The van der Waals surface area contributed by atoms with Crippen molar-refractivity contribution in [1.82, 2.24) is 15.0 Å². The molecular weight excluding hydrogens is 271 g/mol. The minimum Gasteiger partial charge on any atom is -0.383 e. The smallest absolute Gasteiger partial charge is 0.277 e. The summed E-state index contributed by atoms with van der Waals surface area (Å²) in [6.07, 6.45) is 0. The molecule has 0 spiro atoms. The van der Waals surface area contributed by atoms with Gasteiger partial charge in [0.15, 0.2) is 0 Å². The Balaban J connectivity index is 1.74. The second-order valence-electron chi connectivity index (χ2n) is 4.57. The van der Waals surface area contributed by atoms with E-state index in [1.807, 2.05) is 6.07 Å². The van der Waals surface area contributed by atoms with Crippen LogP contribution >= 0.6 is 0 Å². The molecule has 0 radical (unpaired) electrons. The molecule has 1 heterocycles. The number of hydrogen-bond acceptors (Lipinski definition) is 4. The molecule has 0 saturated heterocycles. The van der Waals surface area contributed by atoms with E-state index < -0.39 is 0 Å². The summed E-state index contributed by atoms with van der Waals surface area (Å²) in [4.78, 5) is 12.2. The third-order valence-electron chi connectivity index (χ3n) is 3.11. The Hall–Kier alpha value is -2.76. The Morgan fingerprint density at radius 3 is 2.86 bits per heavy atom. The number of aromatic nitrogens is 3. The van der Waals surface area contributed by atoms with Gasteiger partial charge in [0, 0.05) is 12.2 Å². The largest absolute Gasteiger partial charge is 0.383 e. The molecule has 6 heteroatoms. The van der Waals surface area contributed by atoms with Crippen LogP contribution < -0.4 is 10.9 Å². The summed E-state index contributed by atoms with van der Waals surface area (Å²) in [5.74, 6) is -0.303. The average Bonchev–Trinajstić information content (AvgIpc) is 2.50. The second kappa shape index (κ2) is 5.70. The maximum absolute atomic E-state index is 13.0. The predicted molar refractivity (Wildman–Crippen MR) is 78.7 cm³/mol. The Labute approximate surface area is 120 Å². The summed E-state index contributed by atoms with van der Waals surface area (Å²) in [7, 11) is 0. The second-order valence-corrected chi connectivity index (χ2v) is 4.57. The molecule has 0 aliphatic rings. The number of rotatable bonds is 4. The van der Waals surface area contributed by atoms with Crippen LogP contribution in [0.2, 0.25) is 0 Å². The van der Waals surface area contributed by atoms with Crippen LogP contribution in [-0.2, 0) is 6.54 Å². The lowest BCUT2D eigenvalue weighted by atomic mass is 10.2. The van der Waals surface area contributed by atoms with Gasteiger partial charge in [-0.15, -0.1) is 5.10 Å². The fourth-order valence-electron chi connectivity index (χ4n) is 2.07. The molecule has 0 aliphatic carbocycles. The number of nitrogens with zero attached hydrogens (tertiary/aromatic N) is 3. The third-order valence-corrected chi connectivity index (χ3v) is 3.11. The monoisotopic (exact) mass is 284 g/mol. The van der Waals surface area contributed by atoms with Gasteiger partial charge >= 0.3 is 0 Å². The Bertz CT molecular complexity index is 831. The van der Waals surface area contributed by atoms with E-state index in [-0.39, 0.29) is 11.4 Å². The van der Waals surface area contributed by atoms with Gasteiger partial charge in [-0.1, -0.05) is 23.4 Å². The first-order valence-electron chi connectivity index (χ1n) is 6.56. The summed E-state index contributed by atoms with van der Waals surface area (Å²) in [6.45, 7) is 0.809. The normalized spacial score (nSPS) is 10.7. The van der Waals surface area contributed by atoms with Gasteiger partial charge in [-0.25, -0.2) is 9.07 Å². The van der Waals surface area contributed by atoms with Crippen LogP contribution in [0.4, 0.5) is 10.1 Å². The predicted octanol–water partition coefficient (Wildman–Crippen LogP) is 2.04. The van der Waals surface area contributed by atoms with Crippen molar-refractivity contribution in [2.75, 3.05) is 11.9 Å². The summed E-state index contributed by atoms with van der Waals surface area (Å²) in [5, 5.41) is 11.5. The van der Waals surface area contributed by atoms with E-state index >= 15 is 0 Å². The lowest BCUT2D eigenvalue weighted by Gasteiger charge is -2.07. The number of fused-ring (bicyclic) bond motifs is 1. The lowest BCUT2D eigenvalue weighted by Crippen LogP contribution is -2.27. The van der Waals surface area contributed by atoms with E-state index in [1.54, 1.807) is 30.3 Å². The highest BCUT2D eigenvalue weighted by Crippen LogP contribution is 2.08. The van der Waals surface area contributed by atoms with E-state index in [0.717, 1.165) is 0 Å². The topological polar surface area (TPSA) is 59.8 Å². The van der Waals surface area contributed by atoms with Gasteiger partial charge in [-0.2, -0.15) is 0 Å². The zero-order valence-corrected chi connectivity index (χ0v) is 11.2. The van der Waals surface area contributed by atoms with Gasteiger partial charge in [0.05, 0.1) is 11.9 Å². The van der Waals surface area contributed by atoms with Gasteiger partial charge in [0.25, 0.3) is 5.56 Å². The van der Waals surface area contributed by atoms with Crippen LogP contribution in [0.3, 0.4) is 0 Å². The molecule has 106 valence electrons. The van der Waals surface area contributed by atoms with E-state index in [2.05, 4.69) is 15.6 Å². The first-order valence-corrected chi connectivity index (χ1v) is 6.56. The van der Waals surface area contributed by atoms with Crippen molar-refractivity contribution in [3.8, 4) is 0 Å². The summed E-state index contributed by atoms with van der Waals surface area (Å²) < 4.78 is 14.3. The Morgan fingerprint density at radius 1 is 1.14 bits per heavy atom. The quantitative estimate of drug-likeness (QED) is 0.796.